The largest absolute Gasteiger partial charge is 0.345 e. The van der Waals surface area contributed by atoms with Gasteiger partial charge < -0.3 is 5.32 Å². The predicted octanol–water partition coefficient (Wildman–Crippen LogP) is 1.63. The van der Waals surface area contributed by atoms with E-state index in [2.05, 4.69) is 5.32 Å². The molecule has 0 saturated carbocycles. The van der Waals surface area contributed by atoms with Crippen LogP contribution < -0.4 is 5.32 Å². The Hall–Kier alpha value is -1.38. The molecule has 62 valence electrons. The van der Waals surface area contributed by atoms with Crippen LogP contribution in [-0.2, 0) is 0 Å². The molecule has 0 unspecified atom stereocenters. The first kappa shape index (κ1) is 7.28. The van der Waals surface area contributed by atoms with Crippen LogP contribution in [0.1, 0.15) is 28.9 Å². The Labute approximate surface area is 69.4 Å². The number of fused-ring (bicyclic) bond motifs is 1. The summed E-state index contributed by atoms with van der Waals surface area (Å²) in [5.41, 5.74) is 1.34. The van der Waals surface area contributed by atoms with Gasteiger partial charge in [-0.1, -0.05) is 6.07 Å². The van der Waals surface area contributed by atoms with Gasteiger partial charge in [-0.3, -0.25) is 4.79 Å². The fourth-order valence-corrected chi connectivity index (χ4v) is 1.45. The van der Waals surface area contributed by atoms with Crippen LogP contribution in [-0.4, -0.2) is 5.91 Å². The van der Waals surface area contributed by atoms with Gasteiger partial charge in [-0.2, -0.15) is 0 Å². The van der Waals surface area contributed by atoms with Gasteiger partial charge in [0.25, 0.3) is 5.91 Å². The van der Waals surface area contributed by atoms with Crippen molar-refractivity contribution in [2.24, 2.45) is 0 Å². The third-order valence-corrected chi connectivity index (χ3v) is 2.07. The zero-order chi connectivity index (χ0) is 8.72. The standard InChI is InChI=1S/C9H8FNO/c1-5-7-3-2-6(10)4-8(7)9(12)11-5/h2-5H,1H3,(H,11,12)/t5-/m1/s1. The first-order chi connectivity index (χ1) is 5.68. The van der Waals surface area contributed by atoms with Crippen molar-refractivity contribution in [3.63, 3.8) is 0 Å². The van der Waals surface area contributed by atoms with E-state index in [9.17, 15) is 9.18 Å². The van der Waals surface area contributed by atoms with Crippen molar-refractivity contribution in [2.75, 3.05) is 0 Å². The summed E-state index contributed by atoms with van der Waals surface area (Å²) in [5, 5.41) is 2.70. The van der Waals surface area contributed by atoms with E-state index in [1.165, 1.54) is 12.1 Å². The molecule has 0 fully saturated rings. The molecule has 1 atom stereocenters. The van der Waals surface area contributed by atoms with Crippen molar-refractivity contribution in [3.8, 4) is 0 Å². The average molecular weight is 165 g/mol. The molecular formula is C9H8FNO. The summed E-state index contributed by atoms with van der Waals surface area (Å²) >= 11 is 0. The second-order valence-corrected chi connectivity index (χ2v) is 2.93. The fraction of sp³-hybridized carbons (Fsp3) is 0.222. The zero-order valence-electron chi connectivity index (χ0n) is 6.60. The maximum absolute atomic E-state index is 12.7. The van der Waals surface area contributed by atoms with Gasteiger partial charge >= 0.3 is 0 Å². The van der Waals surface area contributed by atoms with Gasteiger partial charge in [0.05, 0.1) is 6.04 Å². The zero-order valence-corrected chi connectivity index (χ0v) is 6.60. The molecule has 1 aromatic carbocycles. The van der Waals surface area contributed by atoms with E-state index in [1.54, 1.807) is 6.07 Å². The molecule has 1 aromatic rings. The molecule has 0 radical (unpaired) electrons. The average Bonchev–Trinajstić information content (AvgIpc) is 2.28. The van der Waals surface area contributed by atoms with Crippen molar-refractivity contribution in [1.29, 1.82) is 0 Å². The van der Waals surface area contributed by atoms with E-state index in [4.69, 9.17) is 0 Å². The summed E-state index contributed by atoms with van der Waals surface area (Å²) in [6, 6.07) is 4.30. The number of rotatable bonds is 0. The summed E-state index contributed by atoms with van der Waals surface area (Å²) in [7, 11) is 0. The molecule has 0 spiro atoms. The van der Waals surface area contributed by atoms with Crippen LogP contribution in [0.2, 0.25) is 0 Å². The summed E-state index contributed by atoms with van der Waals surface area (Å²) in [6.07, 6.45) is 0. The Balaban J connectivity index is 2.60. The summed E-state index contributed by atoms with van der Waals surface area (Å²) in [4.78, 5) is 11.2. The summed E-state index contributed by atoms with van der Waals surface area (Å²) in [6.45, 7) is 1.88. The molecule has 0 aliphatic carbocycles. The van der Waals surface area contributed by atoms with Crippen molar-refractivity contribution in [2.45, 2.75) is 13.0 Å². The molecule has 1 N–H and O–H groups in total. The van der Waals surface area contributed by atoms with Crippen LogP contribution in [0, 0.1) is 5.82 Å². The van der Waals surface area contributed by atoms with E-state index >= 15 is 0 Å². The van der Waals surface area contributed by atoms with Gasteiger partial charge in [0.15, 0.2) is 0 Å². The maximum Gasteiger partial charge on any atom is 0.252 e. The Morgan fingerprint density at radius 1 is 1.50 bits per heavy atom. The van der Waals surface area contributed by atoms with Crippen molar-refractivity contribution < 1.29 is 9.18 Å². The highest BCUT2D eigenvalue weighted by Gasteiger charge is 2.24. The van der Waals surface area contributed by atoms with Crippen LogP contribution in [0.5, 0.6) is 0 Å². The smallest absolute Gasteiger partial charge is 0.252 e. The molecule has 3 heteroatoms. The molecule has 2 nitrogen and oxygen atoms in total. The third-order valence-electron chi connectivity index (χ3n) is 2.07. The minimum Gasteiger partial charge on any atom is -0.345 e. The molecule has 0 saturated heterocycles. The molecule has 1 aliphatic heterocycles. The topological polar surface area (TPSA) is 29.1 Å². The molecule has 0 bridgehead atoms. The molecule has 1 aliphatic rings. The van der Waals surface area contributed by atoms with Crippen molar-refractivity contribution in [3.05, 3.63) is 35.1 Å². The summed E-state index contributed by atoms with van der Waals surface area (Å²) < 4.78 is 12.7. The van der Waals surface area contributed by atoms with Crippen LogP contribution in [0.15, 0.2) is 18.2 Å². The third kappa shape index (κ3) is 0.897. The Morgan fingerprint density at radius 2 is 2.25 bits per heavy atom. The second kappa shape index (κ2) is 2.30. The van der Waals surface area contributed by atoms with Gasteiger partial charge in [0.1, 0.15) is 5.82 Å². The minimum atomic E-state index is -0.363. The number of hydrogen-bond donors (Lipinski definition) is 1. The highest BCUT2D eigenvalue weighted by molar-refractivity contribution is 5.99. The van der Waals surface area contributed by atoms with Gasteiger partial charge in [0, 0.05) is 5.56 Å². The molecule has 1 amide bonds. The van der Waals surface area contributed by atoms with Gasteiger partial charge in [0.2, 0.25) is 0 Å². The predicted molar refractivity (Wildman–Crippen MR) is 42.3 cm³/mol. The van der Waals surface area contributed by atoms with Gasteiger partial charge in [-0.15, -0.1) is 0 Å². The van der Waals surface area contributed by atoms with Crippen LogP contribution in [0.4, 0.5) is 4.39 Å². The maximum atomic E-state index is 12.7. The molecule has 0 aromatic heterocycles. The van der Waals surface area contributed by atoms with Crippen LogP contribution >= 0.6 is 0 Å². The van der Waals surface area contributed by atoms with Crippen molar-refractivity contribution in [1.82, 2.24) is 5.32 Å². The monoisotopic (exact) mass is 165 g/mol. The number of amides is 1. The quantitative estimate of drug-likeness (QED) is 0.622. The highest BCUT2D eigenvalue weighted by Crippen LogP contribution is 2.24. The number of benzene rings is 1. The van der Waals surface area contributed by atoms with E-state index in [1.807, 2.05) is 6.92 Å². The van der Waals surface area contributed by atoms with E-state index in [-0.39, 0.29) is 17.8 Å². The highest BCUT2D eigenvalue weighted by atomic mass is 19.1. The van der Waals surface area contributed by atoms with Crippen LogP contribution in [0.3, 0.4) is 0 Å². The molecule has 12 heavy (non-hydrogen) atoms. The normalized spacial score (nSPS) is 20.5. The molecular weight excluding hydrogens is 157 g/mol. The number of carbonyl (C=O) groups is 1. The second-order valence-electron chi connectivity index (χ2n) is 2.93. The van der Waals surface area contributed by atoms with E-state index in [0.29, 0.717) is 5.56 Å². The van der Waals surface area contributed by atoms with Gasteiger partial charge in [-0.25, -0.2) is 4.39 Å². The van der Waals surface area contributed by atoms with Gasteiger partial charge in [-0.05, 0) is 24.6 Å². The molecule has 2 rings (SSSR count). The number of nitrogens with one attached hydrogen (secondary N) is 1. The minimum absolute atomic E-state index is 0.00750. The fourth-order valence-electron chi connectivity index (χ4n) is 1.45. The number of carbonyl (C=O) groups excluding carboxylic acids is 1. The first-order valence-corrected chi connectivity index (χ1v) is 3.79. The summed E-state index contributed by atoms with van der Waals surface area (Å²) in [5.74, 6) is -0.546. The Bertz CT molecular complexity index is 348. The number of hydrogen-bond acceptors (Lipinski definition) is 1. The molecule has 1 heterocycles. The lowest BCUT2D eigenvalue weighted by Gasteiger charge is -2.01. The number of halogens is 1. The lowest BCUT2D eigenvalue weighted by molar-refractivity contribution is 0.0958. The lowest BCUT2D eigenvalue weighted by Crippen LogP contribution is -2.16. The van der Waals surface area contributed by atoms with E-state index < -0.39 is 0 Å². The SMILES string of the molecule is C[C@H]1NC(=O)c2cc(F)ccc21. The first-order valence-electron chi connectivity index (χ1n) is 3.79. The van der Waals surface area contributed by atoms with E-state index in [0.717, 1.165) is 5.56 Å². The Morgan fingerprint density at radius 3 is 3.00 bits per heavy atom. The van der Waals surface area contributed by atoms with Crippen LogP contribution in [0.25, 0.3) is 0 Å². The Kier molecular flexibility index (Phi) is 1.40. The van der Waals surface area contributed by atoms with Crippen molar-refractivity contribution >= 4 is 5.91 Å². The lowest BCUT2D eigenvalue weighted by atomic mass is 10.1.